The first-order valence-corrected chi connectivity index (χ1v) is 11.5. The van der Waals surface area contributed by atoms with Crippen LogP contribution in [0, 0.1) is 0 Å². The molecule has 0 radical (unpaired) electrons. The third-order valence-electron chi connectivity index (χ3n) is 7.16. The van der Waals surface area contributed by atoms with Crippen LogP contribution in [0.25, 0.3) is 0 Å². The van der Waals surface area contributed by atoms with E-state index < -0.39 is 0 Å². The van der Waals surface area contributed by atoms with Crippen LogP contribution in [-0.4, -0.2) is 54.5 Å². The van der Waals surface area contributed by atoms with Crippen molar-refractivity contribution >= 4 is 5.91 Å². The summed E-state index contributed by atoms with van der Waals surface area (Å²) in [5.41, 5.74) is 2.90. The molecule has 2 aromatic carbocycles. The summed E-state index contributed by atoms with van der Waals surface area (Å²) in [4.78, 5) is 17.7. The van der Waals surface area contributed by atoms with Gasteiger partial charge >= 0.3 is 0 Å². The van der Waals surface area contributed by atoms with Crippen molar-refractivity contribution in [2.24, 2.45) is 0 Å². The smallest absolute Gasteiger partial charge is 0.234 e. The fourth-order valence-corrected chi connectivity index (χ4v) is 4.88. The molecule has 4 heteroatoms. The van der Waals surface area contributed by atoms with Crippen LogP contribution < -0.4 is 5.32 Å². The lowest BCUT2D eigenvalue weighted by Crippen LogP contribution is -2.45. The second-order valence-corrected chi connectivity index (χ2v) is 9.01. The molecular formula is C26H35N3O. The Bertz CT molecular complexity index is 819. The molecule has 160 valence electrons. The lowest BCUT2D eigenvalue weighted by Gasteiger charge is -2.29. The van der Waals surface area contributed by atoms with Crippen LogP contribution in [0.2, 0.25) is 0 Å². The second kappa shape index (κ2) is 9.32. The predicted molar refractivity (Wildman–Crippen MR) is 122 cm³/mol. The standard InChI is InChI=1S/C26H35N3O/c1-3-28(24-14-17-29(18-24)21(2)22-10-6-4-7-11-22)19-25(30)27-20-26(15-16-26)23-12-8-5-9-13-23/h4-13,21,24H,3,14-20H2,1-2H3,(H,27,30). The first kappa shape index (κ1) is 21.1. The third-order valence-corrected chi connectivity index (χ3v) is 7.16. The third kappa shape index (κ3) is 4.76. The van der Waals surface area contributed by atoms with E-state index in [-0.39, 0.29) is 11.3 Å². The predicted octanol–water partition coefficient (Wildman–Crippen LogP) is 3.99. The highest BCUT2D eigenvalue weighted by atomic mass is 16.2. The summed E-state index contributed by atoms with van der Waals surface area (Å²) < 4.78 is 0. The van der Waals surface area contributed by atoms with Crippen molar-refractivity contribution in [1.82, 2.24) is 15.1 Å². The van der Waals surface area contributed by atoms with Crippen molar-refractivity contribution in [2.75, 3.05) is 32.7 Å². The van der Waals surface area contributed by atoms with Gasteiger partial charge in [0.15, 0.2) is 0 Å². The molecule has 1 heterocycles. The summed E-state index contributed by atoms with van der Waals surface area (Å²) in [6.07, 6.45) is 3.47. The van der Waals surface area contributed by atoms with E-state index in [0.717, 1.165) is 32.6 Å². The maximum atomic E-state index is 12.7. The van der Waals surface area contributed by atoms with Crippen LogP contribution in [-0.2, 0) is 10.2 Å². The molecule has 2 fully saturated rings. The van der Waals surface area contributed by atoms with E-state index in [0.29, 0.717) is 18.6 Å². The van der Waals surface area contributed by atoms with Crippen LogP contribution in [0.4, 0.5) is 0 Å². The molecule has 2 atom stereocenters. The van der Waals surface area contributed by atoms with Crippen LogP contribution in [0.1, 0.15) is 50.3 Å². The minimum atomic E-state index is 0.161. The first-order valence-electron chi connectivity index (χ1n) is 11.5. The molecule has 2 unspecified atom stereocenters. The number of rotatable bonds is 9. The molecule has 30 heavy (non-hydrogen) atoms. The number of amides is 1. The Labute approximate surface area is 181 Å². The van der Waals surface area contributed by atoms with Crippen molar-refractivity contribution in [2.45, 2.75) is 50.6 Å². The van der Waals surface area contributed by atoms with Gasteiger partial charge in [0, 0.05) is 37.1 Å². The van der Waals surface area contributed by atoms with Crippen LogP contribution >= 0.6 is 0 Å². The Morgan fingerprint density at radius 2 is 1.80 bits per heavy atom. The summed E-state index contributed by atoms with van der Waals surface area (Å²) in [6.45, 7) is 8.76. The normalized spacial score (nSPS) is 21.5. The van der Waals surface area contributed by atoms with E-state index in [1.165, 1.54) is 24.0 Å². The maximum Gasteiger partial charge on any atom is 0.234 e. The van der Waals surface area contributed by atoms with Crippen LogP contribution in [0.5, 0.6) is 0 Å². The number of carbonyl (C=O) groups excluding carboxylic acids is 1. The van der Waals surface area contributed by atoms with Crippen molar-refractivity contribution in [3.8, 4) is 0 Å². The molecule has 2 aromatic rings. The molecule has 4 nitrogen and oxygen atoms in total. The van der Waals surface area contributed by atoms with Crippen molar-refractivity contribution in [1.29, 1.82) is 0 Å². The van der Waals surface area contributed by atoms with Gasteiger partial charge in [0.05, 0.1) is 6.54 Å². The van der Waals surface area contributed by atoms with Gasteiger partial charge in [-0.25, -0.2) is 0 Å². The molecule has 0 bridgehead atoms. The highest BCUT2D eigenvalue weighted by molar-refractivity contribution is 5.78. The number of likely N-dealkylation sites (N-methyl/N-ethyl adjacent to an activating group) is 1. The summed E-state index contributed by atoms with van der Waals surface area (Å²) in [5.74, 6) is 0.161. The fourth-order valence-electron chi connectivity index (χ4n) is 4.88. The Morgan fingerprint density at radius 3 is 2.43 bits per heavy atom. The molecule has 1 amide bonds. The lowest BCUT2D eigenvalue weighted by atomic mass is 9.96. The quantitative estimate of drug-likeness (QED) is 0.685. The van der Waals surface area contributed by atoms with Gasteiger partial charge in [0.1, 0.15) is 0 Å². The molecule has 1 N–H and O–H groups in total. The first-order chi connectivity index (χ1) is 14.6. The topological polar surface area (TPSA) is 35.6 Å². The van der Waals surface area contributed by atoms with E-state index in [4.69, 9.17) is 0 Å². The van der Waals surface area contributed by atoms with Gasteiger partial charge in [-0.3, -0.25) is 14.6 Å². The average molecular weight is 406 g/mol. The van der Waals surface area contributed by atoms with Crippen molar-refractivity contribution in [3.05, 3.63) is 71.8 Å². The van der Waals surface area contributed by atoms with E-state index >= 15 is 0 Å². The second-order valence-electron chi connectivity index (χ2n) is 9.01. The van der Waals surface area contributed by atoms with E-state index in [1.54, 1.807) is 0 Å². The van der Waals surface area contributed by atoms with Gasteiger partial charge in [-0.2, -0.15) is 0 Å². The Hall–Kier alpha value is -2.17. The number of nitrogens with zero attached hydrogens (tertiary/aromatic N) is 2. The zero-order chi connectivity index (χ0) is 21.0. The minimum absolute atomic E-state index is 0.161. The SMILES string of the molecule is CCN(CC(=O)NCC1(c2ccccc2)CC1)C1CCN(C(C)c2ccccc2)C1. The van der Waals surface area contributed by atoms with Crippen molar-refractivity contribution in [3.63, 3.8) is 0 Å². The maximum absolute atomic E-state index is 12.7. The van der Waals surface area contributed by atoms with E-state index in [2.05, 4.69) is 89.6 Å². The number of carbonyl (C=O) groups is 1. The molecule has 0 aromatic heterocycles. The van der Waals surface area contributed by atoms with Gasteiger partial charge < -0.3 is 5.32 Å². The van der Waals surface area contributed by atoms with E-state index in [9.17, 15) is 4.79 Å². The zero-order valence-corrected chi connectivity index (χ0v) is 18.4. The molecule has 0 spiro atoms. The Kier molecular flexibility index (Phi) is 6.55. The molecule has 4 rings (SSSR count). The number of benzene rings is 2. The highest BCUT2D eigenvalue weighted by Crippen LogP contribution is 2.47. The summed E-state index contributed by atoms with van der Waals surface area (Å²) in [6, 6.07) is 22.2. The van der Waals surface area contributed by atoms with Crippen LogP contribution in [0.3, 0.4) is 0 Å². The number of hydrogen-bond acceptors (Lipinski definition) is 3. The molecule has 1 aliphatic heterocycles. The molecule has 1 saturated carbocycles. The number of likely N-dealkylation sites (tertiary alicyclic amines) is 1. The van der Waals surface area contributed by atoms with Gasteiger partial charge in [-0.05, 0) is 43.9 Å². The van der Waals surface area contributed by atoms with E-state index in [1.807, 2.05) is 0 Å². The molecule has 1 aliphatic carbocycles. The number of nitrogens with one attached hydrogen (secondary N) is 1. The zero-order valence-electron chi connectivity index (χ0n) is 18.4. The fraction of sp³-hybridized carbons (Fsp3) is 0.500. The minimum Gasteiger partial charge on any atom is -0.354 e. The van der Waals surface area contributed by atoms with Crippen molar-refractivity contribution < 1.29 is 4.79 Å². The largest absolute Gasteiger partial charge is 0.354 e. The molecule has 2 aliphatic rings. The number of hydrogen-bond donors (Lipinski definition) is 1. The van der Waals surface area contributed by atoms with Gasteiger partial charge in [0.2, 0.25) is 5.91 Å². The Morgan fingerprint density at radius 1 is 1.13 bits per heavy atom. The summed E-state index contributed by atoms with van der Waals surface area (Å²) >= 11 is 0. The average Bonchev–Trinajstić information content (AvgIpc) is 3.44. The monoisotopic (exact) mass is 405 g/mol. The van der Waals surface area contributed by atoms with Gasteiger partial charge in [-0.1, -0.05) is 67.6 Å². The molecular weight excluding hydrogens is 370 g/mol. The lowest BCUT2D eigenvalue weighted by molar-refractivity contribution is -0.122. The van der Waals surface area contributed by atoms with Crippen LogP contribution in [0.15, 0.2) is 60.7 Å². The molecule has 1 saturated heterocycles. The summed E-state index contributed by atoms with van der Waals surface area (Å²) in [7, 11) is 0. The summed E-state index contributed by atoms with van der Waals surface area (Å²) in [5, 5.41) is 3.24. The highest BCUT2D eigenvalue weighted by Gasteiger charge is 2.44. The Balaban J connectivity index is 1.28. The van der Waals surface area contributed by atoms with Gasteiger partial charge in [-0.15, -0.1) is 0 Å². The van der Waals surface area contributed by atoms with Gasteiger partial charge in [0.25, 0.3) is 0 Å².